The first-order chi connectivity index (χ1) is 8.90. The summed E-state index contributed by atoms with van der Waals surface area (Å²) in [5.41, 5.74) is 0. The van der Waals surface area contributed by atoms with Crippen LogP contribution in [-0.4, -0.2) is 29.3 Å². The number of carboxylic acids is 1. The first-order valence-electron chi connectivity index (χ1n) is 5.20. The summed E-state index contributed by atoms with van der Waals surface area (Å²) in [6.45, 7) is -0.138. The molecule has 102 valence electrons. The molecule has 0 spiro atoms. The number of sulfonamides is 1. The Labute approximate surface area is 108 Å². The lowest BCUT2D eigenvalue weighted by Gasteiger charge is -2.04. The van der Waals surface area contributed by atoms with Gasteiger partial charge in [0.1, 0.15) is 5.76 Å². The van der Waals surface area contributed by atoms with Gasteiger partial charge in [0.25, 0.3) is 10.0 Å². The Kier molecular flexibility index (Phi) is 3.40. The van der Waals surface area contributed by atoms with E-state index in [0.717, 1.165) is 0 Å². The van der Waals surface area contributed by atoms with Crippen LogP contribution in [0.15, 0.2) is 33.8 Å². The Hall–Kier alpha value is -2.13. The molecule has 0 fully saturated rings. The van der Waals surface area contributed by atoms with Crippen LogP contribution in [0.25, 0.3) is 0 Å². The Morgan fingerprint density at radius 1 is 1.47 bits per heavy atom. The molecule has 2 aromatic rings. The normalized spacial score (nSPS) is 11.6. The summed E-state index contributed by atoms with van der Waals surface area (Å²) in [4.78, 5) is 10.6. The molecule has 9 heteroatoms. The number of nitrogens with one attached hydrogen (secondary N) is 1. The van der Waals surface area contributed by atoms with Crippen molar-refractivity contribution in [3.05, 3.63) is 35.9 Å². The van der Waals surface area contributed by atoms with Gasteiger partial charge in [-0.05, 0) is 18.2 Å². The van der Waals surface area contributed by atoms with Gasteiger partial charge < -0.3 is 9.52 Å². The molecule has 0 saturated heterocycles. The topological polar surface area (TPSA) is 114 Å². The number of nitrogens with zero attached hydrogens (tertiary/aromatic N) is 2. The summed E-state index contributed by atoms with van der Waals surface area (Å²) in [6.07, 6.45) is 1.37. The zero-order valence-corrected chi connectivity index (χ0v) is 10.7. The molecular formula is C10H11N3O5S. The summed E-state index contributed by atoms with van der Waals surface area (Å²) >= 11 is 0. The highest BCUT2D eigenvalue weighted by Gasteiger charge is 2.18. The van der Waals surface area contributed by atoms with E-state index in [-0.39, 0.29) is 23.1 Å². The van der Waals surface area contributed by atoms with Gasteiger partial charge in [0, 0.05) is 7.05 Å². The average Bonchev–Trinajstić information content (AvgIpc) is 2.95. The summed E-state index contributed by atoms with van der Waals surface area (Å²) in [5, 5.41) is 12.4. The minimum Gasteiger partial charge on any atom is -0.475 e. The van der Waals surface area contributed by atoms with Gasteiger partial charge in [-0.15, -0.1) is 0 Å². The third-order valence-electron chi connectivity index (χ3n) is 2.36. The van der Waals surface area contributed by atoms with Gasteiger partial charge in [0.05, 0.1) is 12.7 Å². The quantitative estimate of drug-likeness (QED) is 0.810. The van der Waals surface area contributed by atoms with Crippen LogP contribution in [0.2, 0.25) is 0 Å². The zero-order chi connectivity index (χ0) is 14.0. The molecule has 2 heterocycles. The summed E-state index contributed by atoms with van der Waals surface area (Å²) < 4.78 is 32.2. The molecule has 0 bridgehead atoms. The second kappa shape index (κ2) is 4.86. The zero-order valence-electron chi connectivity index (χ0n) is 9.90. The van der Waals surface area contributed by atoms with Crippen molar-refractivity contribution >= 4 is 16.0 Å². The van der Waals surface area contributed by atoms with Crippen molar-refractivity contribution in [2.75, 3.05) is 0 Å². The molecule has 2 N–H and O–H groups in total. The first-order valence-corrected chi connectivity index (χ1v) is 6.68. The number of hydrogen-bond donors (Lipinski definition) is 2. The van der Waals surface area contributed by atoms with E-state index in [4.69, 9.17) is 9.52 Å². The van der Waals surface area contributed by atoms with Crippen LogP contribution in [0.5, 0.6) is 0 Å². The minimum atomic E-state index is -3.71. The Morgan fingerprint density at radius 2 is 2.21 bits per heavy atom. The fourth-order valence-electron chi connectivity index (χ4n) is 1.45. The molecule has 0 aliphatic carbocycles. The lowest BCUT2D eigenvalue weighted by atomic mass is 10.4. The lowest BCUT2D eigenvalue weighted by Crippen LogP contribution is -2.25. The molecule has 0 atom stereocenters. The number of carbonyl (C=O) groups is 1. The van der Waals surface area contributed by atoms with Crippen molar-refractivity contribution in [1.82, 2.24) is 14.5 Å². The SMILES string of the molecule is Cn1nccc1S(=O)(=O)NCc1ccc(C(=O)O)o1. The van der Waals surface area contributed by atoms with E-state index in [1.807, 2.05) is 0 Å². The van der Waals surface area contributed by atoms with Crippen molar-refractivity contribution in [2.45, 2.75) is 11.6 Å². The monoisotopic (exact) mass is 285 g/mol. The fraction of sp³-hybridized carbons (Fsp3) is 0.200. The number of aromatic carboxylic acids is 1. The van der Waals surface area contributed by atoms with E-state index in [1.165, 1.54) is 36.1 Å². The van der Waals surface area contributed by atoms with Crippen LogP contribution >= 0.6 is 0 Å². The Balaban J connectivity index is 2.10. The van der Waals surface area contributed by atoms with E-state index in [0.29, 0.717) is 0 Å². The van der Waals surface area contributed by atoms with Gasteiger partial charge in [-0.3, -0.25) is 4.68 Å². The standard InChI is InChI=1S/C10H11N3O5S/c1-13-9(4-5-11-13)19(16,17)12-6-7-2-3-8(18-7)10(14)15/h2-5,12H,6H2,1H3,(H,14,15). The summed E-state index contributed by atoms with van der Waals surface area (Å²) in [7, 11) is -2.21. The number of hydrogen-bond acceptors (Lipinski definition) is 5. The third-order valence-corrected chi connectivity index (χ3v) is 3.84. The van der Waals surface area contributed by atoms with Crippen molar-refractivity contribution in [3.63, 3.8) is 0 Å². The van der Waals surface area contributed by atoms with Crippen LogP contribution in [0.1, 0.15) is 16.3 Å². The molecule has 0 saturated carbocycles. The molecule has 2 rings (SSSR count). The van der Waals surface area contributed by atoms with E-state index in [9.17, 15) is 13.2 Å². The van der Waals surface area contributed by atoms with Crippen LogP contribution in [-0.2, 0) is 23.6 Å². The van der Waals surface area contributed by atoms with Crippen molar-refractivity contribution < 1.29 is 22.7 Å². The maximum atomic E-state index is 11.9. The highest BCUT2D eigenvalue weighted by atomic mass is 32.2. The predicted octanol–water partition coefficient (Wildman–Crippen LogP) is 0.190. The van der Waals surface area contributed by atoms with E-state index in [2.05, 4.69) is 9.82 Å². The molecule has 0 radical (unpaired) electrons. The minimum absolute atomic E-state index is 0.0116. The average molecular weight is 285 g/mol. The Morgan fingerprint density at radius 3 is 2.74 bits per heavy atom. The molecule has 2 aromatic heterocycles. The van der Waals surface area contributed by atoms with E-state index in [1.54, 1.807) is 0 Å². The van der Waals surface area contributed by atoms with Crippen molar-refractivity contribution in [2.24, 2.45) is 7.05 Å². The second-order valence-corrected chi connectivity index (χ2v) is 5.40. The fourth-order valence-corrected chi connectivity index (χ4v) is 2.57. The van der Waals surface area contributed by atoms with Gasteiger partial charge >= 0.3 is 5.97 Å². The van der Waals surface area contributed by atoms with Crippen molar-refractivity contribution in [1.29, 1.82) is 0 Å². The maximum absolute atomic E-state index is 11.9. The van der Waals surface area contributed by atoms with Gasteiger partial charge in [0.15, 0.2) is 5.03 Å². The molecule has 0 unspecified atom stereocenters. The highest BCUT2D eigenvalue weighted by Crippen LogP contribution is 2.10. The largest absolute Gasteiger partial charge is 0.475 e. The molecular weight excluding hydrogens is 274 g/mol. The van der Waals surface area contributed by atoms with E-state index >= 15 is 0 Å². The van der Waals surface area contributed by atoms with Crippen LogP contribution in [0, 0.1) is 0 Å². The number of aryl methyl sites for hydroxylation is 1. The molecule has 0 amide bonds. The highest BCUT2D eigenvalue weighted by molar-refractivity contribution is 7.89. The summed E-state index contributed by atoms with van der Waals surface area (Å²) in [6, 6.07) is 4.01. The van der Waals surface area contributed by atoms with E-state index < -0.39 is 16.0 Å². The van der Waals surface area contributed by atoms with Crippen LogP contribution < -0.4 is 4.72 Å². The second-order valence-electron chi connectivity index (χ2n) is 3.69. The molecule has 0 aliphatic rings. The molecule has 0 aliphatic heterocycles. The first kappa shape index (κ1) is 13.3. The molecule has 19 heavy (non-hydrogen) atoms. The van der Waals surface area contributed by atoms with Gasteiger partial charge in [-0.1, -0.05) is 0 Å². The van der Waals surface area contributed by atoms with Crippen molar-refractivity contribution in [3.8, 4) is 0 Å². The number of rotatable bonds is 5. The Bertz CT molecular complexity index is 700. The van der Waals surface area contributed by atoms with Gasteiger partial charge in [0.2, 0.25) is 5.76 Å². The molecule has 0 aromatic carbocycles. The predicted molar refractivity (Wildman–Crippen MR) is 62.9 cm³/mol. The third kappa shape index (κ3) is 2.83. The summed E-state index contributed by atoms with van der Waals surface area (Å²) in [5.74, 6) is -1.24. The van der Waals surface area contributed by atoms with Gasteiger partial charge in [-0.25, -0.2) is 17.9 Å². The lowest BCUT2D eigenvalue weighted by molar-refractivity contribution is 0.0660. The number of carboxylic acid groups (broad SMARTS) is 1. The maximum Gasteiger partial charge on any atom is 0.371 e. The molecule has 8 nitrogen and oxygen atoms in total. The van der Waals surface area contributed by atoms with Gasteiger partial charge in [-0.2, -0.15) is 5.10 Å². The number of aromatic nitrogens is 2. The van der Waals surface area contributed by atoms with Crippen LogP contribution in [0.3, 0.4) is 0 Å². The smallest absolute Gasteiger partial charge is 0.371 e. The van der Waals surface area contributed by atoms with Crippen LogP contribution in [0.4, 0.5) is 0 Å². The number of furan rings is 1.